The van der Waals surface area contributed by atoms with Gasteiger partial charge in [-0.05, 0) is 22.3 Å². The van der Waals surface area contributed by atoms with Crippen LogP contribution in [0, 0.1) is 0 Å². The lowest BCUT2D eigenvalue weighted by Gasteiger charge is -2.05. The molecular formula is C21H18O. The minimum atomic E-state index is 0.249. The summed E-state index contributed by atoms with van der Waals surface area (Å²) in [4.78, 5) is 12.1. The molecule has 0 aliphatic carbocycles. The van der Waals surface area contributed by atoms with Crippen LogP contribution in [0.2, 0.25) is 0 Å². The van der Waals surface area contributed by atoms with Crippen molar-refractivity contribution in [2.24, 2.45) is 0 Å². The van der Waals surface area contributed by atoms with Gasteiger partial charge in [-0.3, -0.25) is 4.79 Å². The standard InChI is InChI=1S/C21H18O/c22-21(15-17-7-3-1-4-8-17)16-18-11-13-20(14-12-18)19-9-5-2-6-10-19/h1-14H,15-16H2. The maximum Gasteiger partial charge on any atom is 0.141 e. The van der Waals surface area contributed by atoms with Crippen molar-refractivity contribution in [2.75, 3.05) is 0 Å². The lowest BCUT2D eigenvalue weighted by atomic mass is 10.00. The second-order valence-corrected chi connectivity index (χ2v) is 5.44. The van der Waals surface area contributed by atoms with Gasteiger partial charge in [0.2, 0.25) is 0 Å². The maximum atomic E-state index is 12.1. The predicted molar refractivity (Wildman–Crippen MR) is 90.7 cm³/mol. The Kier molecular flexibility index (Phi) is 4.45. The van der Waals surface area contributed by atoms with E-state index in [1.54, 1.807) is 0 Å². The zero-order valence-corrected chi connectivity index (χ0v) is 12.4. The van der Waals surface area contributed by atoms with Crippen molar-refractivity contribution in [1.29, 1.82) is 0 Å². The summed E-state index contributed by atoms with van der Waals surface area (Å²) < 4.78 is 0. The lowest BCUT2D eigenvalue weighted by molar-refractivity contribution is -0.117. The average molecular weight is 286 g/mol. The summed E-state index contributed by atoms with van der Waals surface area (Å²) in [6, 6.07) is 28.4. The third kappa shape index (κ3) is 3.70. The zero-order valence-electron chi connectivity index (χ0n) is 12.4. The van der Waals surface area contributed by atoms with E-state index < -0.39 is 0 Å². The van der Waals surface area contributed by atoms with Crippen LogP contribution >= 0.6 is 0 Å². The molecule has 1 heteroatoms. The van der Waals surface area contributed by atoms with Gasteiger partial charge >= 0.3 is 0 Å². The van der Waals surface area contributed by atoms with Gasteiger partial charge in [-0.1, -0.05) is 84.9 Å². The van der Waals surface area contributed by atoms with Crippen LogP contribution in [0.25, 0.3) is 11.1 Å². The molecule has 108 valence electrons. The minimum Gasteiger partial charge on any atom is -0.299 e. The maximum absolute atomic E-state index is 12.1. The number of hydrogen-bond donors (Lipinski definition) is 0. The number of ketones is 1. The molecule has 0 unspecified atom stereocenters. The first-order valence-corrected chi connectivity index (χ1v) is 7.51. The summed E-state index contributed by atoms with van der Waals surface area (Å²) in [6.07, 6.45) is 0.991. The number of rotatable bonds is 5. The highest BCUT2D eigenvalue weighted by Crippen LogP contribution is 2.19. The van der Waals surface area contributed by atoms with Crippen LogP contribution in [0.15, 0.2) is 84.9 Å². The van der Waals surface area contributed by atoms with Crippen LogP contribution in [0.3, 0.4) is 0 Å². The van der Waals surface area contributed by atoms with Crippen molar-refractivity contribution in [2.45, 2.75) is 12.8 Å². The molecule has 22 heavy (non-hydrogen) atoms. The molecule has 0 heterocycles. The van der Waals surface area contributed by atoms with E-state index in [1.165, 1.54) is 11.1 Å². The van der Waals surface area contributed by atoms with Gasteiger partial charge in [0.25, 0.3) is 0 Å². The minimum absolute atomic E-state index is 0.249. The van der Waals surface area contributed by atoms with Crippen LogP contribution < -0.4 is 0 Å². The van der Waals surface area contributed by atoms with Gasteiger partial charge in [0.05, 0.1) is 0 Å². The normalized spacial score (nSPS) is 10.4. The molecule has 0 N–H and O–H groups in total. The second-order valence-electron chi connectivity index (χ2n) is 5.44. The van der Waals surface area contributed by atoms with Crippen molar-refractivity contribution < 1.29 is 4.79 Å². The van der Waals surface area contributed by atoms with Crippen molar-refractivity contribution in [3.8, 4) is 11.1 Å². The Morgan fingerprint density at radius 2 is 1.00 bits per heavy atom. The zero-order chi connectivity index (χ0) is 15.2. The molecule has 0 aromatic heterocycles. The molecule has 3 aromatic rings. The molecular weight excluding hydrogens is 268 g/mol. The van der Waals surface area contributed by atoms with E-state index in [9.17, 15) is 4.79 Å². The highest BCUT2D eigenvalue weighted by atomic mass is 16.1. The number of carbonyl (C=O) groups excluding carboxylic acids is 1. The molecule has 1 nitrogen and oxygen atoms in total. The van der Waals surface area contributed by atoms with Crippen molar-refractivity contribution >= 4 is 5.78 Å². The second kappa shape index (κ2) is 6.86. The number of carbonyl (C=O) groups is 1. The van der Waals surface area contributed by atoms with E-state index in [-0.39, 0.29) is 5.78 Å². The van der Waals surface area contributed by atoms with Crippen LogP contribution in [-0.2, 0) is 17.6 Å². The molecule has 0 aliphatic rings. The van der Waals surface area contributed by atoms with Crippen LogP contribution in [0.5, 0.6) is 0 Å². The first-order chi connectivity index (χ1) is 10.8. The summed E-state index contributed by atoms with van der Waals surface area (Å²) >= 11 is 0. The summed E-state index contributed by atoms with van der Waals surface area (Å²) in [7, 11) is 0. The SMILES string of the molecule is O=C(Cc1ccccc1)Cc1ccc(-c2ccccc2)cc1. The highest BCUT2D eigenvalue weighted by Gasteiger charge is 2.05. The molecule has 0 radical (unpaired) electrons. The van der Waals surface area contributed by atoms with Gasteiger partial charge in [0.1, 0.15) is 5.78 Å². The first kappa shape index (κ1) is 14.3. The van der Waals surface area contributed by atoms with Crippen LogP contribution in [0.4, 0.5) is 0 Å². The fourth-order valence-electron chi connectivity index (χ4n) is 2.56. The molecule has 3 aromatic carbocycles. The molecule has 0 spiro atoms. The van der Waals surface area contributed by atoms with E-state index in [1.807, 2.05) is 60.7 Å². The summed E-state index contributed by atoms with van der Waals surface area (Å²) in [6.45, 7) is 0. The average Bonchev–Trinajstić information content (AvgIpc) is 2.57. The molecule has 0 saturated carbocycles. The van der Waals surface area contributed by atoms with Gasteiger partial charge in [0, 0.05) is 12.8 Å². The van der Waals surface area contributed by atoms with Crippen molar-refractivity contribution in [3.05, 3.63) is 96.1 Å². The van der Waals surface area contributed by atoms with E-state index >= 15 is 0 Å². The summed E-state index contributed by atoms with van der Waals surface area (Å²) in [5.41, 5.74) is 4.53. The monoisotopic (exact) mass is 286 g/mol. The predicted octanol–water partition coefficient (Wildman–Crippen LogP) is 4.71. The van der Waals surface area contributed by atoms with E-state index in [2.05, 4.69) is 24.3 Å². The molecule has 0 amide bonds. The van der Waals surface area contributed by atoms with Gasteiger partial charge in [-0.15, -0.1) is 0 Å². The topological polar surface area (TPSA) is 17.1 Å². The Bertz CT molecular complexity index is 728. The van der Waals surface area contributed by atoms with Crippen LogP contribution in [-0.4, -0.2) is 5.78 Å². The Hall–Kier alpha value is -2.67. The van der Waals surface area contributed by atoms with E-state index in [0.717, 1.165) is 11.1 Å². The van der Waals surface area contributed by atoms with Gasteiger partial charge in [-0.2, -0.15) is 0 Å². The fourth-order valence-corrected chi connectivity index (χ4v) is 2.56. The Labute approximate surface area is 131 Å². The Balaban J connectivity index is 1.65. The molecule has 3 rings (SSSR count). The number of benzene rings is 3. The van der Waals surface area contributed by atoms with Gasteiger partial charge in [-0.25, -0.2) is 0 Å². The van der Waals surface area contributed by atoms with Crippen LogP contribution in [0.1, 0.15) is 11.1 Å². The molecule has 0 aliphatic heterocycles. The molecule has 0 bridgehead atoms. The summed E-state index contributed by atoms with van der Waals surface area (Å²) in [5.74, 6) is 0.249. The van der Waals surface area contributed by atoms with Crippen molar-refractivity contribution in [3.63, 3.8) is 0 Å². The largest absolute Gasteiger partial charge is 0.299 e. The Morgan fingerprint density at radius 1 is 0.545 bits per heavy atom. The third-order valence-corrected chi connectivity index (χ3v) is 3.71. The molecule has 0 saturated heterocycles. The molecule has 0 fully saturated rings. The smallest absolute Gasteiger partial charge is 0.141 e. The lowest BCUT2D eigenvalue weighted by Crippen LogP contribution is -2.06. The number of hydrogen-bond acceptors (Lipinski definition) is 1. The van der Waals surface area contributed by atoms with Gasteiger partial charge in [0.15, 0.2) is 0 Å². The third-order valence-electron chi connectivity index (χ3n) is 3.71. The number of Topliss-reactive ketones (excluding diaryl/α,β-unsaturated/α-hetero) is 1. The highest BCUT2D eigenvalue weighted by molar-refractivity contribution is 5.83. The van der Waals surface area contributed by atoms with E-state index in [4.69, 9.17) is 0 Å². The quantitative estimate of drug-likeness (QED) is 0.664. The van der Waals surface area contributed by atoms with E-state index in [0.29, 0.717) is 12.8 Å². The van der Waals surface area contributed by atoms with Crippen molar-refractivity contribution in [1.82, 2.24) is 0 Å². The fraction of sp³-hybridized carbons (Fsp3) is 0.0952. The molecule has 0 atom stereocenters. The van der Waals surface area contributed by atoms with Gasteiger partial charge < -0.3 is 0 Å². The Morgan fingerprint density at radius 3 is 1.59 bits per heavy atom. The summed E-state index contributed by atoms with van der Waals surface area (Å²) in [5, 5.41) is 0. The first-order valence-electron chi connectivity index (χ1n) is 7.51.